The van der Waals surface area contributed by atoms with Crippen molar-refractivity contribution < 1.29 is 9.59 Å². The molecule has 0 saturated carbocycles. The van der Waals surface area contributed by atoms with Crippen LogP contribution in [0.2, 0.25) is 0 Å². The van der Waals surface area contributed by atoms with Gasteiger partial charge in [-0.3, -0.25) is 14.5 Å². The van der Waals surface area contributed by atoms with Gasteiger partial charge in [0.25, 0.3) is 5.91 Å². The van der Waals surface area contributed by atoms with Gasteiger partial charge in [0.1, 0.15) is 11.6 Å². The van der Waals surface area contributed by atoms with Crippen LogP contribution in [0.1, 0.15) is 33.6 Å². The number of carbonyl (C=O) groups excluding carboxylic acids is 2. The first-order valence-electron chi connectivity index (χ1n) is 7.26. The van der Waals surface area contributed by atoms with Gasteiger partial charge in [-0.05, 0) is 44.2 Å². The molecule has 0 spiro atoms. The molecule has 1 aliphatic rings. The highest BCUT2D eigenvalue weighted by atomic mass is 32.2. The van der Waals surface area contributed by atoms with Crippen LogP contribution in [0.15, 0.2) is 29.2 Å². The Bertz CT molecular complexity index is 561. The van der Waals surface area contributed by atoms with Crippen LogP contribution in [0.25, 0.3) is 0 Å². The zero-order chi connectivity index (χ0) is 15.6. The van der Waals surface area contributed by atoms with E-state index in [4.69, 9.17) is 0 Å². The molecular weight excluding hydrogens is 284 g/mol. The van der Waals surface area contributed by atoms with Crippen LogP contribution in [0.4, 0.5) is 5.69 Å². The van der Waals surface area contributed by atoms with Crippen molar-refractivity contribution in [2.45, 2.75) is 50.1 Å². The molecule has 2 unspecified atom stereocenters. The molecule has 4 nitrogen and oxygen atoms in total. The van der Waals surface area contributed by atoms with Crippen molar-refractivity contribution in [3.8, 4) is 0 Å². The molecule has 0 aliphatic carbocycles. The summed E-state index contributed by atoms with van der Waals surface area (Å²) in [5.41, 5.74) is -0.0220. The summed E-state index contributed by atoms with van der Waals surface area (Å²) in [7, 11) is 0. The molecule has 5 heteroatoms. The first-order chi connectivity index (χ1) is 9.96. The Hall–Kier alpha value is -1.49. The lowest BCUT2D eigenvalue weighted by Gasteiger charge is -2.44. The van der Waals surface area contributed by atoms with Crippen molar-refractivity contribution >= 4 is 29.3 Å². The van der Waals surface area contributed by atoms with Crippen LogP contribution in [-0.4, -0.2) is 29.7 Å². The molecule has 1 saturated heterocycles. The zero-order valence-electron chi connectivity index (χ0n) is 13.0. The minimum absolute atomic E-state index is 0.0327. The highest BCUT2D eigenvalue weighted by molar-refractivity contribution is 7.98. The second-order valence-corrected chi connectivity index (χ2v) is 6.36. The summed E-state index contributed by atoms with van der Waals surface area (Å²) >= 11 is 1.62. The summed E-state index contributed by atoms with van der Waals surface area (Å²) in [6.07, 6.45) is 3.17. The standard InChI is InChI=1S/C16H22N2O2S/c1-5-13-14(19)17-16(3,6-2)15(20)18(13)11-8-7-9-12(10-11)21-4/h7-10,13H,5-6H2,1-4H3,(H,17,19). The van der Waals surface area contributed by atoms with E-state index in [1.54, 1.807) is 23.6 Å². The average Bonchev–Trinajstić information content (AvgIpc) is 2.50. The number of hydrogen-bond donors (Lipinski definition) is 1. The molecule has 21 heavy (non-hydrogen) atoms. The van der Waals surface area contributed by atoms with Gasteiger partial charge < -0.3 is 5.32 Å². The van der Waals surface area contributed by atoms with Gasteiger partial charge in [0.15, 0.2) is 0 Å². The Kier molecular flexibility index (Phi) is 4.61. The van der Waals surface area contributed by atoms with Gasteiger partial charge in [-0.15, -0.1) is 11.8 Å². The van der Waals surface area contributed by atoms with Crippen LogP contribution in [-0.2, 0) is 9.59 Å². The summed E-state index contributed by atoms with van der Waals surface area (Å²) < 4.78 is 0. The minimum Gasteiger partial charge on any atom is -0.340 e. The lowest BCUT2D eigenvalue weighted by Crippen LogP contribution is -2.69. The molecule has 114 valence electrons. The van der Waals surface area contributed by atoms with Crippen molar-refractivity contribution in [1.82, 2.24) is 5.32 Å². The number of nitrogens with one attached hydrogen (secondary N) is 1. The highest BCUT2D eigenvalue weighted by Crippen LogP contribution is 2.30. The SMILES string of the molecule is CCC1C(=O)NC(C)(CC)C(=O)N1c1cccc(SC)c1. The predicted molar refractivity (Wildman–Crippen MR) is 86.6 cm³/mol. The van der Waals surface area contributed by atoms with E-state index in [1.807, 2.05) is 44.4 Å². The van der Waals surface area contributed by atoms with Gasteiger partial charge >= 0.3 is 0 Å². The molecule has 0 aromatic heterocycles. The molecule has 1 aliphatic heterocycles. The topological polar surface area (TPSA) is 49.4 Å². The second kappa shape index (κ2) is 6.10. The highest BCUT2D eigenvalue weighted by Gasteiger charge is 2.46. The van der Waals surface area contributed by atoms with E-state index < -0.39 is 11.6 Å². The summed E-state index contributed by atoms with van der Waals surface area (Å²) in [4.78, 5) is 28.0. The van der Waals surface area contributed by atoms with Crippen molar-refractivity contribution in [2.24, 2.45) is 0 Å². The van der Waals surface area contributed by atoms with E-state index in [0.29, 0.717) is 12.8 Å². The Morgan fingerprint density at radius 2 is 2.05 bits per heavy atom. The molecule has 1 N–H and O–H groups in total. The van der Waals surface area contributed by atoms with Gasteiger partial charge in [-0.2, -0.15) is 0 Å². The van der Waals surface area contributed by atoms with E-state index in [1.165, 1.54) is 0 Å². The van der Waals surface area contributed by atoms with Gasteiger partial charge in [0.2, 0.25) is 5.91 Å². The number of nitrogens with zero attached hydrogens (tertiary/aromatic N) is 1. The largest absolute Gasteiger partial charge is 0.340 e. The van der Waals surface area contributed by atoms with Gasteiger partial charge in [0, 0.05) is 10.6 Å². The number of benzene rings is 1. The smallest absolute Gasteiger partial charge is 0.253 e. The molecule has 0 radical (unpaired) electrons. The van der Waals surface area contributed by atoms with Crippen LogP contribution in [0.3, 0.4) is 0 Å². The number of rotatable bonds is 4. The Morgan fingerprint density at radius 3 is 2.62 bits per heavy atom. The van der Waals surface area contributed by atoms with E-state index >= 15 is 0 Å². The molecule has 1 aromatic carbocycles. The maximum absolute atomic E-state index is 12.9. The molecule has 0 bridgehead atoms. The molecule has 1 fully saturated rings. The van der Waals surface area contributed by atoms with Crippen molar-refractivity contribution in [1.29, 1.82) is 0 Å². The number of amides is 2. The molecule has 2 amide bonds. The lowest BCUT2D eigenvalue weighted by molar-refractivity contribution is -0.138. The lowest BCUT2D eigenvalue weighted by atomic mass is 9.90. The van der Waals surface area contributed by atoms with Crippen molar-refractivity contribution in [3.05, 3.63) is 24.3 Å². The van der Waals surface area contributed by atoms with Gasteiger partial charge in [-0.25, -0.2) is 0 Å². The molecule has 2 atom stereocenters. The molecular formula is C16H22N2O2S. The van der Waals surface area contributed by atoms with Crippen molar-refractivity contribution in [2.75, 3.05) is 11.2 Å². The molecule has 1 aromatic rings. The quantitative estimate of drug-likeness (QED) is 0.870. The summed E-state index contributed by atoms with van der Waals surface area (Å²) in [5.74, 6) is -0.106. The van der Waals surface area contributed by atoms with Gasteiger partial charge in [-0.1, -0.05) is 19.9 Å². The average molecular weight is 306 g/mol. The second-order valence-electron chi connectivity index (χ2n) is 5.48. The first-order valence-corrected chi connectivity index (χ1v) is 8.49. The minimum atomic E-state index is -0.821. The van der Waals surface area contributed by atoms with E-state index in [2.05, 4.69) is 5.32 Å². The summed E-state index contributed by atoms with van der Waals surface area (Å²) in [5, 5.41) is 2.89. The van der Waals surface area contributed by atoms with E-state index in [9.17, 15) is 9.59 Å². The number of carbonyl (C=O) groups is 2. The van der Waals surface area contributed by atoms with Crippen LogP contribution in [0.5, 0.6) is 0 Å². The molecule has 1 heterocycles. The van der Waals surface area contributed by atoms with Crippen LogP contribution in [0, 0.1) is 0 Å². The zero-order valence-corrected chi connectivity index (χ0v) is 13.8. The van der Waals surface area contributed by atoms with Crippen LogP contribution >= 0.6 is 11.8 Å². The Labute approximate surface area is 130 Å². The number of thioether (sulfide) groups is 1. The van der Waals surface area contributed by atoms with E-state index in [0.717, 1.165) is 10.6 Å². The van der Waals surface area contributed by atoms with Crippen molar-refractivity contribution in [3.63, 3.8) is 0 Å². The normalized spacial score (nSPS) is 25.9. The number of piperazine rings is 1. The summed E-state index contributed by atoms with van der Waals surface area (Å²) in [6.45, 7) is 5.64. The maximum atomic E-state index is 12.9. The maximum Gasteiger partial charge on any atom is 0.253 e. The first kappa shape index (κ1) is 15.9. The fourth-order valence-corrected chi connectivity index (χ4v) is 3.05. The predicted octanol–water partition coefficient (Wildman–Crippen LogP) is 2.82. The Morgan fingerprint density at radius 1 is 1.33 bits per heavy atom. The number of anilines is 1. The van der Waals surface area contributed by atoms with Gasteiger partial charge in [0.05, 0.1) is 0 Å². The third kappa shape index (κ3) is 2.79. The third-order valence-electron chi connectivity index (χ3n) is 4.13. The monoisotopic (exact) mass is 306 g/mol. The summed E-state index contributed by atoms with van der Waals surface area (Å²) in [6, 6.07) is 7.36. The number of hydrogen-bond acceptors (Lipinski definition) is 3. The fraction of sp³-hybridized carbons (Fsp3) is 0.500. The third-order valence-corrected chi connectivity index (χ3v) is 4.85. The fourth-order valence-electron chi connectivity index (χ4n) is 2.60. The van der Waals surface area contributed by atoms with Crippen LogP contribution < -0.4 is 10.2 Å². The van der Waals surface area contributed by atoms with E-state index in [-0.39, 0.29) is 11.8 Å². The Balaban J connectivity index is 2.49. The molecule has 2 rings (SSSR count).